The Morgan fingerprint density at radius 1 is 1.14 bits per heavy atom. The Morgan fingerprint density at radius 3 is 2.64 bits per heavy atom. The zero-order valence-electron chi connectivity index (χ0n) is 14.6. The lowest BCUT2D eigenvalue weighted by atomic mass is 10.1. The van der Waals surface area contributed by atoms with Crippen LogP contribution in [0.5, 0.6) is 5.75 Å². The maximum atomic E-state index is 13.2. The van der Waals surface area contributed by atoms with E-state index in [0.29, 0.717) is 22.9 Å². The highest BCUT2D eigenvalue weighted by atomic mass is 32.1. The van der Waals surface area contributed by atoms with Crippen LogP contribution in [-0.4, -0.2) is 27.2 Å². The van der Waals surface area contributed by atoms with Gasteiger partial charge in [-0.1, -0.05) is 29.5 Å². The molecule has 3 rings (SSSR count). The SMILES string of the molecule is O=C(O)CCc1ccc(OCc2nnc(C(=O)Nc3cccc(F)c3)s2)cc1. The first-order valence-corrected chi connectivity index (χ1v) is 9.14. The van der Waals surface area contributed by atoms with Crippen molar-refractivity contribution in [1.82, 2.24) is 10.2 Å². The summed E-state index contributed by atoms with van der Waals surface area (Å²) in [6, 6.07) is 12.7. The van der Waals surface area contributed by atoms with Gasteiger partial charge in [-0.2, -0.15) is 0 Å². The van der Waals surface area contributed by atoms with Crippen LogP contribution in [0.3, 0.4) is 0 Å². The molecular formula is C19H16FN3O4S. The summed E-state index contributed by atoms with van der Waals surface area (Å²) in [5.41, 5.74) is 1.24. The first-order chi connectivity index (χ1) is 13.5. The quantitative estimate of drug-likeness (QED) is 0.599. The van der Waals surface area contributed by atoms with Crippen LogP contribution in [0.4, 0.5) is 10.1 Å². The molecule has 0 radical (unpaired) electrons. The molecule has 144 valence electrons. The predicted molar refractivity (Wildman–Crippen MR) is 101 cm³/mol. The van der Waals surface area contributed by atoms with E-state index in [9.17, 15) is 14.0 Å². The molecule has 0 unspecified atom stereocenters. The summed E-state index contributed by atoms with van der Waals surface area (Å²) in [5, 5.41) is 19.7. The minimum Gasteiger partial charge on any atom is -0.486 e. The van der Waals surface area contributed by atoms with Crippen LogP contribution >= 0.6 is 11.3 Å². The number of aromatic nitrogens is 2. The molecule has 28 heavy (non-hydrogen) atoms. The number of hydrogen-bond acceptors (Lipinski definition) is 6. The number of carboxylic acid groups (broad SMARTS) is 1. The van der Waals surface area contributed by atoms with E-state index in [-0.39, 0.29) is 18.0 Å². The average molecular weight is 401 g/mol. The van der Waals surface area contributed by atoms with Gasteiger partial charge in [-0.05, 0) is 42.3 Å². The van der Waals surface area contributed by atoms with Crippen molar-refractivity contribution in [3.05, 3.63) is 69.9 Å². The number of carboxylic acids is 1. The first-order valence-electron chi connectivity index (χ1n) is 8.32. The van der Waals surface area contributed by atoms with Gasteiger partial charge in [-0.3, -0.25) is 9.59 Å². The van der Waals surface area contributed by atoms with Gasteiger partial charge >= 0.3 is 5.97 Å². The summed E-state index contributed by atoms with van der Waals surface area (Å²) in [6.45, 7) is 0.138. The number of carbonyl (C=O) groups excluding carboxylic acids is 1. The van der Waals surface area contributed by atoms with Gasteiger partial charge in [0, 0.05) is 12.1 Å². The van der Waals surface area contributed by atoms with E-state index >= 15 is 0 Å². The van der Waals surface area contributed by atoms with Crippen LogP contribution in [0, 0.1) is 5.82 Å². The molecule has 0 aliphatic rings. The highest BCUT2D eigenvalue weighted by molar-refractivity contribution is 7.13. The van der Waals surface area contributed by atoms with Crippen molar-refractivity contribution in [1.29, 1.82) is 0 Å². The molecule has 0 spiro atoms. The molecule has 0 saturated carbocycles. The van der Waals surface area contributed by atoms with Crippen LogP contribution in [0.2, 0.25) is 0 Å². The van der Waals surface area contributed by atoms with E-state index in [1.807, 2.05) is 0 Å². The van der Waals surface area contributed by atoms with Crippen molar-refractivity contribution >= 4 is 28.9 Å². The minimum absolute atomic E-state index is 0.0749. The molecule has 1 amide bonds. The number of rotatable bonds is 8. The normalized spacial score (nSPS) is 10.5. The molecule has 0 aliphatic carbocycles. The first kappa shape index (κ1) is 19.4. The summed E-state index contributed by atoms with van der Waals surface area (Å²) < 4.78 is 18.8. The zero-order chi connectivity index (χ0) is 19.9. The molecule has 7 nitrogen and oxygen atoms in total. The number of aryl methyl sites for hydroxylation is 1. The number of aliphatic carboxylic acids is 1. The molecule has 2 aromatic carbocycles. The molecule has 0 saturated heterocycles. The third-order valence-electron chi connectivity index (χ3n) is 3.66. The Balaban J connectivity index is 1.53. The fourth-order valence-corrected chi connectivity index (χ4v) is 2.95. The number of hydrogen-bond donors (Lipinski definition) is 2. The minimum atomic E-state index is -0.839. The highest BCUT2D eigenvalue weighted by Gasteiger charge is 2.14. The zero-order valence-corrected chi connectivity index (χ0v) is 15.4. The fraction of sp³-hybridized carbons (Fsp3) is 0.158. The maximum Gasteiger partial charge on any atom is 0.303 e. The van der Waals surface area contributed by atoms with Gasteiger partial charge in [0.15, 0.2) is 5.01 Å². The molecule has 1 aromatic heterocycles. The smallest absolute Gasteiger partial charge is 0.303 e. The lowest BCUT2D eigenvalue weighted by molar-refractivity contribution is -0.136. The van der Waals surface area contributed by atoms with E-state index in [4.69, 9.17) is 9.84 Å². The second kappa shape index (κ2) is 9.05. The van der Waals surface area contributed by atoms with Crippen LogP contribution in [-0.2, 0) is 17.8 Å². The van der Waals surface area contributed by atoms with E-state index in [1.54, 1.807) is 30.3 Å². The Hall–Kier alpha value is -3.33. The Kier molecular flexibility index (Phi) is 6.28. The summed E-state index contributed by atoms with van der Waals surface area (Å²) in [7, 11) is 0. The summed E-state index contributed by atoms with van der Waals surface area (Å²) in [6.07, 6.45) is 0.529. The molecule has 3 aromatic rings. The number of anilines is 1. The van der Waals surface area contributed by atoms with Crippen molar-refractivity contribution < 1.29 is 23.8 Å². The second-order valence-corrected chi connectivity index (χ2v) is 6.85. The van der Waals surface area contributed by atoms with E-state index in [2.05, 4.69) is 15.5 Å². The van der Waals surface area contributed by atoms with E-state index < -0.39 is 17.7 Å². The molecular weight excluding hydrogens is 385 g/mol. The van der Waals surface area contributed by atoms with Crippen LogP contribution in [0.15, 0.2) is 48.5 Å². The summed E-state index contributed by atoms with van der Waals surface area (Å²) in [4.78, 5) is 22.7. The van der Waals surface area contributed by atoms with Gasteiger partial charge in [0.25, 0.3) is 5.91 Å². The number of nitrogens with one attached hydrogen (secondary N) is 1. The van der Waals surface area contributed by atoms with Crippen molar-refractivity contribution in [3.8, 4) is 5.75 Å². The van der Waals surface area contributed by atoms with Gasteiger partial charge in [0.2, 0.25) is 5.01 Å². The Labute approximate surface area is 163 Å². The van der Waals surface area contributed by atoms with Crippen LogP contribution in [0.25, 0.3) is 0 Å². The average Bonchev–Trinajstić information content (AvgIpc) is 3.15. The number of carbonyl (C=O) groups is 2. The Morgan fingerprint density at radius 2 is 1.93 bits per heavy atom. The number of nitrogens with zero attached hydrogens (tertiary/aromatic N) is 2. The van der Waals surface area contributed by atoms with E-state index in [0.717, 1.165) is 16.9 Å². The van der Waals surface area contributed by atoms with Gasteiger partial charge < -0.3 is 15.2 Å². The van der Waals surface area contributed by atoms with Gasteiger partial charge in [0.1, 0.15) is 18.2 Å². The number of halogens is 1. The number of ether oxygens (including phenoxy) is 1. The summed E-state index contributed by atoms with van der Waals surface area (Å²) >= 11 is 1.08. The van der Waals surface area contributed by atoms with Crippen LogP contribution < -0.4 is 10.1 Å². The lowest BCUT2D eigenvalue weighted by Crippen LogP contribution is -2.11. The van der Waals surface area contributed by atoms with Crippen LogP contribution in [0.1, 0.15) is 26.8 Å². The van der Waals surface area contributed by atoms with Crippen molar-refractivity contribution in [2.75, 3.05) is 5.32 Å². The lowest BCUT2D eigenvalue weighted by Gasteiger charge is -2.05. The van der Waals surface area contributed by atoms with Crippen molar-refractivity contribution in [2.24, 2.45) is 0 Å². The topological polar surface area (TPSA) is 101 Å². The molecule has 2 N–H and O–H groups in total. The second-order valence-electron chi connectivity index (χ2n) is 5.79. The molecule has 1 heterocycles. The summed E-state index contributed by atoms with van der Waals surface area (Å²) in [5.74, 6) is -1.16. The predicted octanol–water partition coefficient (Wildman–Crippen LogP) is 3.53. The van der Waals surface area contributed by atoms with E-state index in [1.165, 1.54) is 18.2 Å². The van der Waals surface area contributed by atoms with Gasteiger partial charge in [0.05, 0.1) is 0 Å². The Bertz CT molecular complexity index is 975. The van der Waals surface area contributed by atoms with Crippen molar-refractivity contribution in [3.63, 3.8) is 0 Å². The molecule has 9 heteroatoms. The fourth-order valence-electron chi connectivity index (χ4n) is 2.30. The number of benzene rings is 2. The standard InChI is InChI=1S/C19H16FN3O4S/c20-13-2-1-3-14(10-13)21-18(26)19-23-22-16(28-19)11-27-15-7-4-12(5-8-15)6-9-17(24)25/h1-5,7-8,10H,6,9,11H2,(H,21,26)(H,24,25). The third-order valence-corrected chi connectivity index (χ3v) is 4.55. The molecule has 0 aliphatic heterocycles. The largest absolute Gasteiger partial charge is 0.486 e. The van der Waals surface area contributed by atoms with Crippen molar-refractivity contribution in [2.45, 2.75) is 19.4 Å². The molecule has 0 atom stereocenters. The maximum absolute atomic E-state index is 13.2. The van der Waals surface area contributed by atoms with Gasteiger partial charge in [-0.15, -0.1) is 10.2 Å². The molecule has 0 fully saturated rings. The van der Waals surface area contributed by atoms with Gasteiger partial charge in [-0.25, -0.2) is 4.39 Å². The third kappa shape index (κ3) is 5.58. The highest BCUT2D eigenvalue weighted by Crippen LogP contribution is 2.18. The monoisotopic (exact) mass is 401 g/mol. The molecule has 0 bridgehead atoms. The number of amides is 1.